The van der Waals surface area contributed by atoms with Crippen molar-refractivity contribution in [3.8, 4) is 72.0 Å². The average molecular weight is 919 g/mol. The number of aromatic amines is 2. The molecule has 2 aliphatic heterocycles. The van der Waals surface area contributed by atoms with E-state index in [0.717, 1.165) is 118 Å². The van der Waals surface area contributed by atoms with Gasteiger partial charge in [0.1, 0.15) is 9.90 Å². The summed E-state index contributed by atoms with van der Waals surface area (Å²) >= 11 is 0.966. The van der Waals surface area contributed by atoms with Gasteiger partial charge in [-0.1, -0.05) is 140 Å². The van der Waals surface area contributed by atoms with E-state index in [9.17, 15) is 13.0 Å². The van der Waals surface area contributed by atoms with E-state index >= 15 is 0 Å². The Hall–Kier alpha value is -8.48. The summed E-state index contributed by atoms with van der Waals surface area (Å²) in [5, 5.41) is 5.16. The van der Waals surface area contributed by atoms with Crippen molar-refractivity contribution in [1.82, 2.24) is 29.7 Å². The van der Waals surface area contributed by atoms with Crippen molar-refractivity contribution in [2.45, 2.75) is 4.21 Å². The highest BCUT2D eigenvalue weighted by molar-refractivity contribution is 7.88. The highest BCUT2D eigenvalue weighted by atomic mass is 32.3. The molecular weight excluding hydrogens is 881 g/mol. The van der Waals surface area contributed by atoms with Crippen LogP contribution in [0.3, 0.4) is 0 Å². The minimum absolute atomic E-state index is 0.159. The molecule has 12 rings (SSSR count). The SMILES string of the molecule is O=S(=O)(O)c1ccc(-c2cc(-c3cc4[nH]c3c(-c3ccccc3)c3nc(c(-c5ccccc5)c5ccc([nH]5)c(-c5ccccc5)c5nc(c4-c4ccccc4)C=C5)C=C3)n(-c3ccccc3)n2)s1. The van der Waals surface area contributed by atoms with Crippen LogP contribution in [0.15, 0.2) is 192 Å². The monoisotopic (exact) mass is 918 g/mol. The first-order valence-corrected chi connectivity index (χ1v) is 24.3. The normalized spacial score (nSPS) is 12.2. The van der Waals surface area contributed by atoms with Crippen molar-refractivity contribution >= 4 is 67.8 Å². The first kappa shape index (κ1) is 41.0. The summed E-state index contributed by atoms with van der Waals surface area (Å²) < 4.78 is 36.3. The van der Waals surface area contributed by atoms with Gasteiger partial charge in [-0.3, -0.25) is 4.55 Å². The van der Waals surface area contributed by atoms with Crippen LogP contribution in [0.5, 0.6) is 0 Å². The maximum atomic E-state index is 12.3. The van der Waals surface area contributed by atoms with E-state index in [2.05, 4.69) is 101 Å². The molecule has 0 radical (unpaired) electrons. The van der Waals surface area contributed by atoms with Crippen LogP contribution in [0, 0.1) is 0 Å². The number of rotatable bonds is 8. The van der Waals surface area contributed by atoms with Crippen molar-refractivity contribution in [3.63, 3.8) is 0 Å². The lowest BCUT2D eigenvalue weighted by molar-refractivity contribution is 0.485. The summed E-state index contributed by atoms with van der Waals surface area (Å²) in [5.74, 6) is 0. The number of benzene rings is 5. The lowest BCUT2D eigenvalue weighted by Crippen LogP contribution is -1.99. The molecule has 10 aromatic rings. The molecule has 0 amide bonds. The summed E-state index contributed by atoms with van der Waals surface area (Å²) in [6.45, 7) is 0. The fourth-order valence-electron chi connectivity index (χ4n) is 9.18. The van der Waals surface area contributed by atoms with Crippen LogP contribution < -0.4 is 0 Å². The molecule has 2 aliphatic rings. The van der Waals surface area contributed by atoms with E-state index in [-0.39, 0.29) is 4.21 Å². The molecule has 0 spiro atoms. The molecule has 5 aromatic heterocycles. The Morgan fingerprint density at radius 1 is 0.471 bits per heavy atom. The number of para-hydroxylation sites is 1. The standard InChI is InChI=1S/C57H38N6O3S2/c64-68(65,66)52-33-32-51(67-52)48-35-50(63(62-48)40-24-14-5-15-25-40)41-34-49-55(38-20-10-3-11-21-38)46-29-28-44(59-46)53(36-16-6-1-7-17-36)42-26-27-43(58-42)54(37-18-8-2-9-19-37)45-30-31-47(60-45)56(57(41)61-49)39-22-12-4-13-23-39/h1-35,58,61H,(H,64,65,66). The zero-order valence-corrected chi connectivity index (χ0v) is 37.7. The highest BCUT2D eigenvalue weighted by Gasteiger charge is 2.25. The van der Waals surface area contributed by atoms with E-state index < -0.39 is 10.1 Å². The van der Waals surface area contributed by atoms with Gasteiger partial charge < -0.3 is 9.97 Å². The quantitative estimate of drug-likeness (QED) is 0.130. The zero-order valence-electron chi connectivity index (χ0n) is 36.1. The molecule has 326 valence electrons. The van der Waals surface area contributed by atoms with Gasteiger partial charge in [-0.25, -0.2) is 14.6 Å². The van der Waals surface area contributed by atoms with Crippen LogP contribution in [-0.4, -0.2) is 42.7 Å². The number of nitrogens with one attached hydrogen (secondary N) is 2. The van der Waals surface area contributed by atoms with Gasteiger partial charge >= 0.3 is 10.1 Å². The van der Waals surface area contributed by atoms with Crippen molar-refractivity contribution < 1.29 is 13.0 Å². The average Bonchev–Trinajstić information content (AvgIpc) is 4.24. The molecule has 68 heavy (non-hydrogen) atoms. The fraction of sp³-hybridized carbons (Fsp3) is 0. The molecule has 0 saturated carbocycles. The molecule has 3 N–H and O–H groups in total. The Bertz CT molecular complexity index is 3910. The lowest BCUT2D eigenvalue weighted by Gasteiger charge is -2.09. The number of nitrogens with zero attached hydrogens (tertiary/aromatic N) is 4. The van der Waals surface area contributed by atoms with Crippen molar-refractivity contribution in [2.24, 2.45) is 0 Å². The Labute approximate surface area is 395 Å². The first-order chi connectivity index (χ1) is 33.3. The van der Waals surface area contributed by atoms with E-state index in [1.807, 2.05) is 114 Å². The Kier molecular flexibility index (Phi) is 10.1. The number of H-pyrrole nitrogens is 2. The number of thiophene rings is 1. The van der Waals surface area contributed by atoms with Crippen LogP contribution in [0.4, 0.5) is 0 Å². The number of hydrogen-bond acceptors (Lipinski definition) is 6. The molecular formula is C57H38N6O3S2. The van der Waals surface area contributed by atoms with Crippen molar-refractivity contribution in [1.29, 1.82) is 0 Å². The fourth-order valence-corrected chi connectivity index (χ4v) is 10.8. The number of fused-ring (bicyclic) bond motifs is 8. The Morgan fingerprint density at radius 2 is 0.912 bits per heavy atom. The molecule has 7 heterocycles. The molecule has 0 atom stereocenters. The number of hydrogen-bond donors (Lipinski definition) is 3. The summed E-state index contributed by atoms with van der Waals surface area (Å²) in [6.07, 6.45) is 8.36. The second kappa shape index (κ2) is 16.7. The van der Waals surface area contributed by atoms with Crippen LogP contribution in [0.1, 0.15) is 22.8 Å². The zero-order chi connectivity index (χ0) is 45.8. The summed E-state index contributed by atoms with van der Waals surface area (Å²) in [5.41, 5.74) is 17.1. The van der Waals surface area contributed by atoms with Gasteiger partial charge in [0.2, 0.25) is 0 Å². The molecule has 9 nitrogen and oxygen atoms in total. The molecule has 0 saturated heterocycles. The Balaban J connectivity index is 1.28. The highest BCUT2D eigenvalue weighted by Crippen LogP contribution is 2.43. The van der Waals surface area contributed by atoms with Crippen LogP contribution in [-0.2, 0) is 10.1 Å². The molecule has 8 bridgehead atoms. The van der Waals surface area contributed by atoms with E-state index in [1.54, 1.807) is 6.07 Å². The van der Waals surface area contributed by atoms with Crippen LogP contribution in [0.25, 0.3) is 118 Å². The maximum absolute atomic E-state index is 12.3. The minimum atomic E-state index is -4.43. The van der Waals surface area contributed by atoms with Gasteiger partial charge in [0, 0.05) is 44.4 Å². The lowest BCUT2D eigenvalue weighted by atomic mass is 10.00. The van der Waals surface area contributed by atoms with Gasteiger partial charge in [0.25, 0.3) is 0 Å². The molecule has 0 fully saturated rings. The van der Waals surface area contributed by atoms with Gasteiger partial charge in [-0.15, -0.1) is 11.3 Å². The summed E-state index contributed by atoms with van der Waals surface area (Å²) in [7, 11) is -4.43. The van der Waals surface area contributed by atoms with E-state index in [0.29, 0.717) is 10.6 Å². The minimum Gasteiger partial charge on any atom is -0.354 e. The third kappa shape index (κ3) is 7.41. The van der Waals surface area contributed by atoms with Gasteiger partial charge in [0.15, 0.2) is 0 Å². The largest absolute Gasteiger partial charge is 0.354 e. The van der Waals surface area contributed by atoms with Crippen LogP contribution in [0.2, 0.25) is 0 Å². The third-order valence-corrected chi connectivity index (χ3v) is 14.6. The van der Waals surface area contributed by atoms with Crippen molar-refractivity contribution in [2.75, 3.05) is 0 Å². The maximum Gasteiger partial charge on any atom is 0.304 e. The predicted molar refractivity (Wildman–Crippen MR) is 276 cm³/mol. The van der Waals surface area contributed by atoms with E-state index in [1.165, 1.54) is 6.07 Å². The molecule has 0 unspecified atom stereocenters. The third-order valence-electron chi connectivity index (χ3n) is 12.2. The summed E-state index contributed by atoms with van der Waals surface area (Å²) in [6, 6.07) is 62.6. The number of aromatic nitrogens is 6. The van der Waals surface area contributed by atoms with Gasteiger partial charge in [-0.2, -0.15) is 13.5 Å². The Morgan fingerprint density at radius 3 is 1.38 bits per heavy atom. The van der Waals surface area contributed by atoms with Crippen molar-refractivity contribution in [3.05, 3.63) is 211 Å². The second-order valence-electron chi connectivity index (χ2n) is 16.4. The topological polar surface area (TPSA) is 130 Å². The predicted octanol–water partition coefficient (Wildman–Crippen LogP) is 14.2. The first-order valence-electron chi connectivity index (χ1n) is 22.0. The second-order valence-corrected chi connectivity index (χ2v) is 19.1. The molecule has 11 heteroatoms. The molecule has 0 aliphatic carbocycles. The smallest absolute Gasteiger partial charge is 0.304 e. The van der Waals surface area contributed by atoms with E-state index in [4.69, 9.17) is 15.1 Å². The molecule has 5 aromatic carbocycles. The van der Waals surface area contributed by atoms with Gasteiger partial charge in [-0.05, 0) is 95.1 Å². The van der Waals surface area contributed by atoms with Crippen LogP contribution >= 0.6 is 11.3 Å². The van der Waals surface area contributed by atoms with Gasteiger partial charge in [0.05, 0.1) is 44.6 Å². The summed E-state index contributed by atoms with van der Waals surface area (Å²) in [4.78, 5) is 19.4.